The molecular formula is C7H8Na2O4S. The van der Waals surface area contributed by atoms with E-state index in [0.29, 0.717) is 0 Å². The second-order valence-electron chi connectivity index (χ2n) is 1.95. The molecule has 1 unspecified atom stereocenters. The first-order valence-electron chi connectivity index (χ1n) is 3.08. The maximum absolute atomic E-state index is 10.9. The Morgan fingerprint density at radius 1 is 1.29 bits per heavy atom. The number of hydrogen-bond acceptors (Lipinski definition) is 3. The monoisotopic (exact) mass is 234 g/mol. The Hall–Kier alpha value is 0.800. The zero-order valence-corrected chi connectivity index (χ0v) is 12.8. The van der Waals surface area contributed by atoms with Gasteiger partial charge in [-0.1, -0.05) is 18.2 Å². The molecule has 1 rings (SSSR count). The first-order chi connectivity index (χ1) is 5.70. The Morgan fingerprint density at radius 2 is 1.79 bits per heavy atom. The van der Waals surface area contributed by atoms with E-state index in [-0.39, 0.29) is 67.5 Å². The van der Waals surface area contributed by atoms with Gasteiger partial charge in [-0.3, -0.25) is 4.55 Å². The van der Waals surface area contributed by atoms with Crippen LogP contribution in [0.2, 0.25) is 0 Å². The largest absolute Gasteiger partial charge is 1.00 e. The predicted molar refractivity (Wildman–Crippen MR) is 44.9 cm³/mol. The van der Waals surface area contributed by atoms with Gasteiger partial charge >= 0.3 is 76.4 Å². The molecule has 7 heteroatoms. The summed E-state index contributed by atoms with van der Waals surface area (Å²) >= 11 is -2.55. The van der Waals surface area contributed by atoms with Crippen molar-refractivity contribution < 1.29 is 79.7 Å². The second kappa shape index (κ2) is 9.06. The average molecular weight is 234 g/mol. The van der Waals surface area contributed by atoms with Crippen LogP contribution in [0.15, 0.2) is 30.3 Å². The molecule has 68 valence electrons. The molecule has 0 heterocycles. The molecule has 0 saturated carbocycles. The third-order valence-electron chi connectivity index (χ3n) is 1.16. The summed E-state index contributed by atoms with van der Waals surface area (Å²) in [5.74, 6) is -0.809. The minimum Gasteiger partial charge on any atom is -1.00 e. The topological polar surface area (TPSA) is 63.6 Å². The molecule has 1 aromatic carbocycles. The fourth-order valence-electron chi connectivity index (χ4n) is 0.687. The van der Waals surface area contributed by atoms with Gasteiger partial charge in [0.25, 0.3) is 0 Å². The minimum absolute atomic E-state index is 0. The van der Waals surface area contributed by atoms with Gasteiger partial charge in [-0.25, -0.2) is 4.79 Å². The van der Waals surface area contributed by atoms with Crippen molar-refractivity contribution in [1.29, 1.82) is 0 Å². The summed E-state index contributed by atoms with van der Waals surface area (Å²) in [5, 5.41) is 0. The molecule has 0 saturated heterocycles. The van der Waals surface area contributed by atoms with Gasteiger partial charge in [-0.15, -0.1) is 0 Å². The number of rotatable bonds is 2. The van der Waals surface area contributed by atoms with E-state index >= 15 is 0 Å². The van der Waals surface area contributed by atoms with Gasteiger partial charge < -0.3 is 7.04 Å². The molecule has 0 fully saturated rings. The van der Waals surface area contributed by atoms with Gasteiger partial charge in [0.2, 0.25) is 0 Å². The predicted octanol–water partition coefficient (Wildman–Crippen LogP) is -4.79. The van der Waals surface area contributed by atoms with Crippen LogP contribution >= 0.6 is 0 Å². The number of carbonyl (C=O) groups excluding carboxylic acids is 1. The van der Waals surface area contributed by atoms with Crippen molar-refractivity contribution in [2.24, 2.45) is 0 Å². The van der Waals surface area contributed by atoms with Crippen molar-refractivity contribution in [2.45, 2.75) is 0 Å². The summed E-state index contributed by atoms with van der Waals surface area (Å²) in [6.45, 7) is 0. The summed E-state index contributed by atoms with van der Waals surface area (Å²) in [5.41, 5.74) is 0.250. The smallest absolute Gasteiger partial charge is 1.00 e. The zero-order valence-electron chi connectivity index (χ0n) is 9.97. The van der Waals surface area contributed by atoms with Gasteiger partial charge in [-0.05, 0) is 12.1 Å². The molecule has 0 spiro atoms. The van der Waals surface area contributed by atoms with E-state index in [1.54, 1.807) is 18.2 Å². The van der Waals surface area contributed by atoms with Crippen LogP contribution in [0.3, 0.4) is 0 Å². The molecule has 14 heavy (non-hydrogen) atoms. The molecule has 1 aromatic rings. The van der Waals surface area contributed by atoms with Gasteiger partial charge in [0.1, 0.15) is 0 Å². The number of carbonyl (C=O) groups is 1. The Labute approximate surface area is 131 Å². The van der Waals surface area contributed by atoms with E-state index in [4.69, 9.17) is 4.55 Å². The van der Waals surface area contributed by atoms with Crippen LogP contribution in [0.5, 0.6) is 0 Å². The van der Waals surface area contributed by atoms with Crippen molar-refractivity contribution in [1.82, 2.24) is 0 Å². The fraction of sp³-hybridized carbons (Fsp3) is 0. The van der Waals surface area contributed by atoms with E-state index < -0.39 is 17.3 Å². The molecule has 1 atom stereocenters. The van der Waals surface area contributed by atoms with Crippen LogP contribution in [0.1, 0.15) is 13.2 Å². The van der Waals surface area contributed by atoms with E-state index in [9.17, 15) is 9.00 Å². The Balaban J connectivity index is -0.000000180. The van der Waals surface area contributed by atoms with Gasteiger partial charge in [0.05, 0.1) is 5.56 Å². The molecule has 0 aliphatic carbocycles. The van der Waals surface area contributed by atoms with E-state index in [0.717, 1.165) is 0 Å². The van der Waals surface area contributed by atoms with Crippen LogP contribution in [-0.4, -0.2) is 14.7 Å². The SMILES string of the molecule is O=C(OS(=O)O)c1ccccc1.[H-].[H-].[Na+].[Na+]. The molecule has 0 aliphatic heterocycles. The van der Waals surface area contributed by atoms with Crippen LogP contribution in [0.25, 0.3) is 0 Å². The molecule has 0 amide bonds. The van der Waals surface area contributed by atoms with Crippen LogP contribution < -0.4 is 59.1 Å². The average Bonchev–Trinajstić information content (AvgIpc) is 2.05. The summed E-state index contributed by atoms with van der Waals surface area (Å²) in [4.78, 5) is 10.9. The normalized spacial score (nSPS) is 10.4. The zero-order chi connectivity index (χ0) is 8.97. The maximum Gasteiger partial charge on any atom is 1.00 e. The van der Waals surface area contributed by atoms with Crippen molar-refractivity contribution >= 4 is 17.3 Å². The Bertz CT molecular complexity index is 313. The molecule has 0 bridgehead atoms. The first kappa shape index (κ1) is 17.2. The van der Waals surface area contributed by atoms with Crippen molar-refractivity contribution in [3.63, 3.8) is 0 Å². The quantitative estimate of drug-likeness (QED) is 0.412. The van der Waals surface area contributed by atoms with Gasteiger partial charge in [-0.2, -0.15) is 4.21 Å². The van der Waals surface area contributed by atoms with Crippen LogP contribution in [0.4, 0.5) is 0 Å². The van der Waals surface area contributed by atoms with E-state index in [1.807, 2.05) is 0 Å². The van der Waals surface area contributed by atoms with Gasteiger partial charge in [0, 0.05) is 0 Å². The third-order valence-corrected chi connectivity index (χ3v) is 1.45. The molecule has 0 aromatic heterocycles. The van der Waals surface area contributed by atoms with Crippen LogP contribution in [0, 0.1) is 0 Å². The van der Waals surface area contributed by atoms with E-state index in [2.05, 4.69) is 4.18 Å². The summed E-state index contributed by atoms with van der Waals surface area (Å²) < 4.78 is 22.3. The standard InChI is InChI=1S/C7H6O4S.2Na.2H/c8-7(11-12(9)10)6-4-2-1-3-5-6;;;;/h1-5H,(H,9,10);;;;/q;2*+1;2*-1. The second-order valence-corrected chi connectivity index (χ2v) is 2.55. The third kappa shape index (κ3) is 6.31. The van der Waals surface area contributed by atoms with E-state index in [1.165, 1.54) is 12.1 Å². The summed E-state index contributed by atoms with van der Waals surface area (Å²) in [7, 11) is 0. The fourth-order valence-corrected chi connectivity index (χ4v) is 0.913. The molecule has 1 N–H and O–H groups in total. The molecular weight excluding hydrogens is 226 g/mol. The first-order valence-corrected chi connectivity index (χ1v) is 4.12. The summed E-state index contributed by atoms with van der Waals surface area (Å²) in [6.07, 6.45) is 0. The summed E-state index contributed by atoms with van der Waals surface area (Å²) in [6, 6.07) is 7.99. The molecule has 0 aliphatic rings. The number of hydrogen-bond donors (Lipinski definition) is 1. The van der Waals surface area contributed by atoms with Crippen molar-refractivity contribution in [3.05, 3.63) is 35.9 Å². The maximum atomic E-state index is 10.9. The van der Waals surface area contributed by atoms with Crippen molar-refractivity contribution in [3.8, 4) is 0 Å². The number of benzene rings is 1. The minimum atomic E-state index is -2.55. The Morgan fingerprint density at radius 3 is 2.21 bits per heavy atom. The van der Waals surface area contributed by atoms with Crippen molar-refractivity contribution in [2.75, 3.05) is 0 Å². The molecule has 4 nitrogen and oxygen atoms in total. The molecule has 0 radical (unpaired) electrons. The Kier molecular flexibility index (Phi) is 11.1. The van der Waals surface area contributed by atoms with Crippen LogP contribution in [-0.2, 0) is 15.5 Å². The van der Waals surface area contributed by atoms with Gasteiger partial charge in [0.15, 0.2) is 0 Å².